The first-order chi connectivity index (χ1) is 6.06. The number of carbonyl (C=O) groups excluding carboxylic acids is 1. The van der Waals surface area contributed by atoms with Crippen LogP contribution in [0, 0.1) is 5.41 Å². The lowest BCUT2D eigenvalue weighted by atomic mass is 9.92. The van der Waals surface area contributed by atoms with Crippen LogP contribution in [0.15, 0.2) is 0 Å². The van der Waals surface area contributed by atoms with Gasteiger partial charge in [-0.15, -0.1) is 0 Å². The van der Waals surface area contributed by atoms with Gasteiger partial charge in [-0.3, -0.25) is 4.79 Å². The zero-order valence-corrected chi connectivity index (χ0v) is 9.33. The number of hydrogen-bond donors (Lipinski definition) is 2. The van der Waals surface area contributed by atoms with Gasteiger partial charge >= 0.3 is 0 Å². The van der Waals surface area contributed by atoms with E-state index in [-0.39, 0.29) is 11.3 Å². The highest BCUT2D eigenvalue weighted by atomic mass is 32.2. The van der Waals surface area contributed by atoms with E-state index >= 15 is 0 Å². The Morgan fingerprint density at radius 1 is 1.54 bits per heavy atom. The van der Waals surface area contributed by atoms with Crippen LogP contribution in [0.4, 0.5) is 0 Å². The van der Waals surface area contributed by atoms with Crippen molar-refractivity contribution in [3.05, 3.63) is 0 Å². The Morgan fingerprint density at radius 3 is 2.54 bits per heavy atom. The lowest BCUT2D eigenvalue weighted by molar-refractivity contribution is -0.128. The van der Waals surface area contributed by atoms with Gasteiger partial charge in [-0.25, -0.2) is 0 Å². The summed E-state index contributed by atoms with van der Waals surface area (Å²) in [7, 11) is 1.68. The molecule has 0 saturated carbocycles. The topological polar surface area (TPSA) is 41.1 Å². The summed E-state index contributed by atoms with van der Waals surface area (Å²) < 4.78 is 0. The average molecular weight is 202 g/mol. The summed E-state index contributed by atoms with van der Waals surface area (Å²) in [5, 5.41) is 6.07. The maximum atomic E-state index is 11.4. The van der Waals surface area contributed by atoms with Crippen LogP contribution in [0.25, 0.3) is 0 Å². The Balaban J connectivity index is 2.27. The molecule has 0 spiro atoms. The van der Waals surface area contributed by atoms with Crippen molar-refractivity contribution in [2.24, 2.45) is 5.41 Å². The average Bonchev–Trinajstić information content (AvgIpc) is 1.99. The van der Waals surface area contributed by atoms with Gasteiger partial charge in [0.1, 0.15) is 0 Å². The fourth-order valence-corrected chi connectivity index (χ4v) is 1.88. The van der Waals surface area contributed by atoms with Gasteiger partial charge in [-0.05, 0) is 13.8 Å². The van der Waals surface area contributed by atoms with E-state index in [1.165, 1.54) is 11.5 Å². The number of rotatable bonds is 4. The molecule has 2 N–H and O–H groups in total. The summed E-state index contributed by atoms with van der Waals surface area (Å²) in [5.74, 6) is 2.47. The summed E-state index contributed by atoms with van der Waals surface area (Å²) in [6.07, 6.45) is 0. The third kappa shape index (κ3) is 2.88. The highest BCUT2D eigenvalue weighted by Crippen LogP contribution is 2.19. The Kier molecular flexibility index (Phi) is 3.62. The molecule has 1 saturated heterocycles. The predicted molar refractivity (Wildman–Crippen MR) is 57.0 cm³/mol. The maximum absolute atomic E-state index is 11.4. The van der Waals surface area contributed by atoms with Crippen molar-refractivity contribution < 1.29 is 4.79 Å². The third-order valence-corrected chi connectivity index (χ3v) is 3.59. The molecule has 1 amide bonds. The van der Waals surface area contributed by atoms with Crippen LogP contribution in [-0.4, -0.2) is 37.0 Å². The molecule has 0 bridgehead atoms. The van der Waals surface area contributed by atoms with Gasteiger partial charge in [-0.1, -0.05) is 0 Å². The summed E-state index contributed by atoms with van der Waals surface area (Å²) in [6.45, 7) is 4.69. The first kappa shape index (κ1) is 10.9. The van der Waals surface area contributed by atoms with Crippen LogP contribution in [-0.2, 0) is 4.79 Å². The molecule has 1 aliphatic rings. The molecule has 3 nitrogen and oxygen atoms in total. The molecule has 0 aliphatic carbocycles. The van der Waals surface area contributed by atoms with Gasteiger partial charge < -0.3 is 10.6 Å². The van der Waals surface area contributed by atoms with Crippen molar-refractivity contribution in [3.8, 4) is 0 Å². The number of carbonyl (C=O) groups is 1. The van der Waals surface area contributed by atoms with Crippen molar-refractivity contribution in [1.82, 2.24) is 10.6 Å². The monoisotopic (exact) mass is 202 g/mol. The number of amides is 1. The minimum absolute atomic E-state index is 0.104. The van der Waals surface area contributed by atoms with E-state index in [2.05, 4.69) is 10.6 Å². The highest BCUT2D eigenvalue weighted by Gasteiger charge is 2.28. The van der Waals surface area contributed by atoms with Gasteiger partial charge in [0.05, 0.1) is 5.41 Å². The molecule has 1 fully saturated rings. The molecule has 0 aromatic carbocycles. The maximum Gasteiger partial charge on any atom is 0.226 e. The molecule has 0 aromatic rings. The molecule has 0 unspecified atom stereocenters. The molecular weight excluding hydrogens is 184 g/mol. The molecule has 0 radical (unpaired) electrons. The second kappa shape index (κ2) is 4.33. The van der Waals surface area contributed by atoms with Gasteiger partial charge in [0.15, 0.2) is 0 Å². The van der Waals surface area contributed by atoms with Crippen LogP contribution < -0.4 is 10.6 Å². The van der Waals surface area contributed by atoms with E-state index in [0.717, 1.165) is 6.54 Å². The standard InChI is InChI=1S/C9H18N2OS/c1-9(2,8(12)10-3)6-11-7-4-13-5-7/h7,11H,4-6H2,1-3H3,(H,10,12). The third-order valence-electron chi connectivity index (χ3n) is 2.31. The van der Waals surface area contributed by atoms with Gasteiger partial charge in [-0.2, -0.15) is 11.8 Å². The normalized spacial score (nSPS) is 18.1. The summed E-state index contributed by atoms with van der Waals surface area (Å²) in [4.78, 5) is 11.4. The summed E-state index contributed by atoms with van der Waals surface area (Å²) in [6, 6.07) is 0.619. The lowest BCUT2D eigenvalue weighted by Crippen LogP contribution is -2.48. The van der Waals surface area contributed by atoms with Crippen LogP contribution in [0.5, 0.6) is 0 Å². The first-order valence-electron chi connectivity index (χ1n) is 4.59. The fraction of sp³-hybridized carbons (Fsp3) is 0.889. The Hall–Kier alpha value is -0.220. The fourth-order valence-electron chi connectivity index (χ4n) is 1.17. The molecule has 0 atom stereocenters. The molecule has 4 heteroatoms. The van der Waals surface area contributed by atoms with E-state index in [9.17, 15) is 4.79 Å². The zero-order chi connectivity index (χ0) is 9.90. The Morgan fingerprint density at radius 2 is 2.15 bits per heavy atom. The zero-order valence-electron chi connectivity index (χ0n) is 8.52. The number of hydrogen-bond acceptors (Lipinski definition) is 3. The molecule has 1 aliphatic heterocycles. The number of thioether (sulfide) groups is 1. The van der Waals surface area contributed by atoms with Crippen molar-refractivity contribution >= 4 is 17.7 Å². The first-order valence-corrected chi connectivity index (χ1v) is 5.75. The van der Waals surface area contributed by atoms with Crippen molar-refractivity contribution in [1.29, 1.82) is 0 Å². The van der Waals surface area contributed by atoms with Gasteiger partial charge in [0, 0.05) is 31.1 Å². The van der Waals surface area contributed by atoms with Gasteiger partial charge in [0.2, 0.25) is 5.91 Å². The minimum Gasteiger partial charge on any atom is -0.359 e. The SMILES string of the molecule is CNC(=O)C(C)(C)CNC1CSC1. The highest BCUT2D eigenvalue weighted by molar-refractivity contribution is 8.00. The van der Waals surface area contributed by atoms with Gasteiger partial charge in [0.25, 0.3) is 0 Å². The van der Waals surface area contributed by atoms with Crippen molar-refractivity contribution in [3.63, 3.8) is 0 Å². The van der Waals surface area contributed by atoms with Crippen LogP contribution in [0.1, 0.15) is 13.8 Å². The molecule has 1 heterocycles. The molecular formula is C9H18N2OS. The van der Waals surface area contributed by atoms with Crippen molar-refractivity contribution in [2.45, 2.75) is 19.9 Å². The summed E-state index contributed by atoms with van der Waals surface area (Å²) >= 11 is 1.95. The van der Waals surface area contributed by atoms with Crippen LogP contribution >= 0.6 is 11.8 Å². The lowest BCUT2D eigenvalue weighted by Gasteiger charge is -2.30. The van der Waals surface area contributed by atoms with E-state index in [4.69, 9.17) is 0 Å². The second-order valence-electron chi connectivity index (χ2n) is 4.08. The summed E-state index contributed by atoms with van der Waals surface area (Å²) in [5.41, 5.74) is -0.297. The number of nitrogens with one attached hydrogen (secondary N) is 2. The molecule has 13 heavy (non-hydrogen) atoms. The largest absolute Gasteiger partial charge is 0.359 e. The quantitative estimate of drug-likeness (QED) is 0.696. The molecule has 76 valence electrons. The smallest absolute Gasteiger partial charge is 0.226 e. The molecule has 0 aromatic heterocycles. The van der Waals surface area contributed by atoms with Crippen LogP contribution in [0.2, 0.25) is 0 Å². The predicted octanol–water partition coefficient (Wildman–Crippen LogP) is 0.464. The van der Waals surface area contributed by atoms with E-state index in [1.807, 2.05) is 25.6 Å². The van der Waals surface area contributed by atoms with E-state index < -0.39 is 0 Å². The Labute approximate surface area is 84.0 Å². The second-order valence-corrected chi connectivity index (χ2v) is 5.15. The van der Waals surface area contributed by atoms with E-state index in [0.29, 0.717) is 6.04 Å². The minimum atomic E-state index is -0.297. The van der Waals surface area contributed by atoms with Crippen LogP contribution in [0.3, 0.4) is 0 Å². The van der Waals surface area contributed by atoms with E-state index in [1.54, 1.807) is 7.05 Å². The Bertz CT molecular complexity index is 190. The molecule has 1 rings (SSSR count). The van der Waals surface area contributed by atoms with Crippen molar-refractivity contribution in [2.75, 3.05) is 25.1 Å².